The minimum Gasteiger partial charge on any atom is -0.327 e. The van der Waals surface area contributed by atoms with Crippen LogP contribution in [0.25, 0.3) is 0 Å². The average Bonchev–Trinajstić information content (AvgIpc) is 2.05. The molecular formula is C8H11ClFN. The fourth-order valence-electron chi connectivity index (χ4n) is 0.798. The van der Waals surface area contributed by atoms with Crippen LogP contribution in [0.3, 0.4) is 0 Å². The minimum absolute atomic E-state index is 0. The van der Waals surface area contributed by atoms with Crippen molar-refractivity contribution >= 4 is 12.4 Å². The number of hydrogen-bond acceptors (Lipinski definition) is 1. The van der Waals surface area contributed by atoms with Gasteiger partial charge in [0.2, 0.25) is 0 Å². The zero-order valence-corrected chi connectivity index (χ0v) is 6.85. The number of rotatable bonds is 2. The first-order chi connectivity index (χ1) is 4.84. The fourth-order valence-corrected chi connectivity index (χ4v) is 0.798. The van der Waals surface area contributed by atoms with Crippen molar-refractivity contribution in [3.8, 4) is 0 Å². The van der Waals surface area contributed by atoms with Gasteiger partial charge in [0.25, 0.3) is 0 Å². The number of alkyl halides is 1. The molecule has 0 spiro atoms. The molecule has 0 radical (unpaired) electrons. The maximum Gasteiger partial charge on any atom is 0.137 e. The summed E-state index contributed by atoms with van der Waals surface area (Å²) in [5.74, 6) is 0. The predicted octanol–water partition coefficient (Wildman–Crippen LogP) is 2.08. The molecule has 3 heteroatoms. The van der Waals surface area contributed by atoms with Gasteiger partial charge in [-0.1, -0.05) is 30.3 Å². The zero-order chi connectivity index (χ0) is 7.40. The van der Waals surface area contributed by atoms with Crippen LogP contribution in [0, 0.1) is 0 Å². The van der Waals surface area contributed by atoms with Gasteiger partial charge in [0.05, 0.1) is 0 Å². The monoisotopic (exact) mass is 175 g/mol. The third-order valence-corrected chi connectivity index (χ3v) is 1.37. The van der Waals surface area contributed by atoms with Crippen molar-refractivity contribution < 1.29 is 4.39 Å². The van der Waals surface area contributed by atoms with Gasteiger partial charge in [-0.3, -0.25) is 0 Å². The molecule has 0 fully saturated rings. The van der Waals surface area contributed by atoms with Crippen LogP contribution in [0.15, 0.2) is 30.3 Å². The Kier molecular flexibility index (Phi) is 4.83. The smallest absolute Gasteiger partial charge is 0.137 e. The van der Waals surface area contributed by atoms with Crippen LogP contribution >= 0.6 is 12.4 Å². The first-order valence-corrected chi connectivity index (χ1v) is 3.23. The van der Waals surface area contributed by atoms with Gasteiger partial charge >= 0.3 is 0 Å². The SMILES string of the molecule is Cl.NC[C@@H](F)c1ccccc1. The van der Waals surface area contributed by atoms with Gasteiger partial charge in [-0.2, -0.15) is 0 Å². The molecular weight excluding hydrogens is 165 g/mol. The molecule has 0 bridgehead atoms. The minimum atomic E-state index is -1.01. The Bertz CT molecular complexity index is 191. The Hall–Kier alpha value is -0.600. The summed E-state index contributed by atoms with van der Waals surface area (Å²) in [6.07, 6.45) is -1.01. The Morgan fingerprint density at radius 2 is 1.82 bits per heavy atom. The molecule has 11 heavy (non-hydrogen) atoms. The number of nitrogens with two attached hydrogens (primary N) is 1. The van der Waals surface area contributed by atoms with Crippen LogP contribution in [0.1, 0.15) is 11.7 Å². The molecule has 1 nitrogen and oxygen atoms in total. The van der Waals surface area contributed by atoms with E-state index in [1.54, 1.807) is 24.3 Å². The van der Waals surface area contributed by atoms with E-state index in [9.17, 15) is 4.39 Å². The van der Waals surface area contributed by atoms with E-state index in [1.807, 2.05) is 6.07 Å². The third kappa shape index (κ3) is 2.87. The standard InChI is InChI=1S/C8H10FN.ClH/c9-8(6-10)7-4-2-1-3-5-7;/h1-5,8H,6,10H2;1H/t8-;/m1./s1. The summed E-state index contributed by atoms with van der Waals surface area (Å²) >= 11 is 0. The maximum atomic E-state index is 12.7. The van der Waals surface area contributed by atoms with Crippen LogP contribution in [0.2, 0.25) is 0 Å². The first-order valence-electron chi connectivity index (χ1n) is 3.23. The normalized spacial score (nSPS) is 11.8. The van der Waals surface area contributed by atoms with Crippen molar-refractivity contribution in [2.75, 3.05) is 6.54 Å². The molecule has 0 unspecified atom stereocenters. The van der Waals surface area contributed by atoms with E-state index in [-0.39, 0.29) is 19.0 Å². The largest absolute Gasteiger partial charge is 0.327 e. The maximum absolute atomic E-state index is 12.7. The van der Waals surface area contributed by atoms with E-state index in [0.717, 1.165) is 0 Å². The molecule has 0 saturated carbocycles. The van der Waals surface area contributed by atoms with Crippen LogP contribution in [-0.4, -0.2) is 6.54 Å². The molecule has 0 aliphatic carbocycles. The Labute approximate surface area is 71.8 Å². The van der Waals surface area contributed by atoms with Crippen LogP contribution in [-0.2, 0) is 0 Å². The second-order valence-electron chi connectivity index (χ2n) is 2.11. The highest BCUT2D eigenvalue weighted by Crippen LogP contribution is 2.13. The molecule has 0 amide bonds. The summed E-state index contributed by atoms with van der Waals surface area (Å²) in [6, 6.07) is 8.93. The van der Waals surface area contributed by atoms with Crippen molar-refractivity contribution in [2.24, 2.45) is 5.73 Å². The summed E-state index contributed by atoms with van der Waals surface area (Å²) in [6.45, 7) is 0.0595. The summed E-state index contributed by atoms with van der Waals surface area (Å²) in [7, 11) is 0. The lowest BCUT2D eigenvalue weighted by Crippen LogP contribution is -2.07. The number of halogens is 2. The van der Waals surface area contributed by atoms with Crippen molar-refractivity contribution in [3.63, 3.8) is 0 Å². The van der Waals surface area contributed by atoms with Gasteiger partial charge in [-0.25, -0.2) is 4.39 Å². The first kappa shape index (κ1) is 10.4. The van der Waals surface area contributed by atoms with E-state index < -0.39 is 6.17 Å². The highest BCUT2D eigenvalue weighted by molar-refractivity contribution is 5.85. The molecule has 0 saturated heterocycles. The van der Waals surface area contributed by atoms with Crippen LogP contribution < -0.4 is 5.73 Å². The number of benzene rings is 1. The summed E-state index contributed by atoms with van der Waals surface area (Å²) < 4.78 is 12.7. The van der Waals surface area contributed by atoms with Gasteiger partial charge in [-0.05, 0) is 5.56 Å². The molecule has 0 aliphatic rings. The molecule has 1 aromatic carbocycles. The Morgan fingerprint density at radius 1 is 1.27 bits per heavy atom. The second kappa shape index (κ2) is 5.10. The van der Waals surface area contributed by atoms with Crippen molar-refractivity contribution in [3.05, 3.63) is 35.9 Å². The lowest BCUT2D eigenvalue weighted by atomic mass is 10.1. The third-order valence-electron chi connectivity index (χ3n) is 1.37. The van der Waals surface area contributed by atoms with E-state index in [0.29, 0.717) is 5.56 Å². The fraction of sp³-hybridized carbons (Fsp3) is 0.250. The highest BCUT2D eigenvalue weighted by atomic mass is 35.5. The second-order valence-corrected chi connectivity index (χ2v) is 2.11. The van der Waals surface area contributed by atoms with Crippen LogP contribution in [0.5, 0.6) is 0 Å². The Morgan fingerprint density at radius 3 is 2.27 bits per heavy atom. The lowest BCUT2D eigenvalue weighted by Gasteiger charge is -2.02. The van der Waals surface area contributed by atoms with Crippen molar-refractivity contribution in [1.29, 1.82) is 0 Å². The summed E-state index contributed by atoms with van der Waals surface area (Å²) in [5.41, 5.74) is 5.79. The predicted molar refractivity (Wildman–Crippen MR) is 46.6 cm³/mol. The van der Waals surface area contributed by atoms with Crippen molar-refractivity contribution in [1.82, 2.24) is 0 Å². The average molecular weight is 176 g/mol. The lowest BCUT2D eigenvalue weighted by molar-refractivity contribution is 0.353. The zero-order valence-electron chi connectivity index (χ0n) is 6.03. The molecule has 1 atom stereocenters. The molecule has 2 N–H and O–H groups in total. The van der Waals surface area contributed by atoms with Crippen molar-refractivity contribution in [2.45, 2.75) is 6.17 Å². The molecule has 1 rings (SSSR count). The van der Waals surface area contributed by atoms with Gasteiger partial charge in [0.1, 0.15) is 6.17 Å². The van der Waals surface area contributed by atoms with E-state index >= 15 is 0 Å². The van der Waals surface area contributed by atoms with Gasteiger partial charge in [0.15, 0.2) is 0 Å². The topological polar surface area (TPSA) is 26.0 Å². The molecule has 0 heterocycles. The number of hydrogen-bond donors (Lipinski definition) is 1. The van der Waals surface area contributed by atoms with Gasteiger partial charge < -0.3 is 5.73 Å². The summed E-state index contributed by atoms with van der Waals surface area (Å²) in [5, 5.41) is 0. The van der Waals surface area contributed by atoms with E-state index in [4.69, 9.17) is 5.73 Å². The quantitative estimate of drug-likeness (QED) is 0.732. The van der Waals surface area contributed by atoms with Crippen LogP contribution in [0.4, 0.5) is 4.39 Å². The van der Waals surface area contributed by atoms with E-state index in [1.165, 1.54) is 0 Å². The van der Waals surface area contributed by atoms with Gasteiger partial charge in [0, 0.05) is 6.54 Å². The van der Waals surface area contributed by atoms with E-state index in [2.05, 4.69) is 0 Å². The molecule has 62 valence electrons. The molecule has 0 aliphatic heterocycles. The Balaban J connectivity index is 0.000001000. The van der Waals surface area contributed by atoms with Gasteiger partial charge in [-0.15, -0.1) is 12.4 Å². The molecule has 1 aromatic rings. The molecule has 0 aromatic heterocycles. The highest BCUT2D eigenvalue weighted by Gasteiger charge is 2.03. The summed E-state index contributed by atoms with van der Waals surface area (Å²) in [4.78, 5) is 0.